The molecule has 0 aliphatic rings. The molecular formula is C13H15NO. The van der Waals surface area contributed by atoms with E-state index in [0.717, 1.165) is 16.5 Å². The van der Waals surface area contributed by atoms with E-state index in [1.165, 1.54) is 0 Å². The fraction of sp³-hybridized carbons (Fsp3) is 0.308. The molecule has 0 aliphatic heterocycles. The van der Waals surface area contributed by atoms with Crippen LogP contribution in [0.25, 0.3) is 10.9 Å². The number of hydrogen-bond acceptors (Lipinski definition) is 1. The van der Waals surface area contributed by atoms with E-state index in [2.05, 4.69) is 6.07 Å². The van der Waals surface area contributed by atoms with Gasteiger partial charge in [-0.15, -0.1) is 0 Å². The lowest BCUT2D eigenvalue weighted by Gasteiger charge is -2.14. The molecule has 0 radical (unpaired) electrons. The monoisotopic (exact) mass is 201 g/mol. The Morgan fingerprint density at radius 1 is 1.20 bits per heavy atom. The summed E-state index contributed by atoms with van der Waals surface area (Å²) in [5.74, 6) is 0. The van der Waals surface area contributed by atoms with Gasteiger partial charge in [0.25, 0.3) is 5.56 Å². The van der Waals surface area contributed by atoms with Crippen LogP contribution >= 0.6 is 0 Å². The quantitative estimate of drug-likeness (QED) is 0.695. The standard InChI is InChI=1S/C13H15NO/c1-9(2)14-12-7-5-4-6-11(12)10(3)8-13(14)15/h4-9H,1-3H3. The Labute approximate surface area is 89.2 Å². The molecule has 2 nitrogen and oxygen atoms in total. The van der Waals surface area contributed by atoms with Gasteiger partial charge in [0.05, 0.1) is 5.52 Å². The summed E-state index contributed by atoms with van der Waals surface area (Å²) in [6.45, 7) is 6.04. The molecule has 0 unspecified atom stereocenters. The van der Waals surface area contributed by atoms with E-state index in [4.69, 9.17) is 0 Å². The average molecular weight is 201 g/mol. The summed E-state index contributed by atoms with van der Waals surface area (Å²) in [7, 11) is 0. The Kier molecular flexibility index (Phi) is 2.35. The maximum absolute atomic E-state index is 11.9. The van der Waals surface area contributed by atoms with Crippen LogP contribution in [0.4, 0.5) is 0 Å². The zero-order chi connectivity index (χ0) is 11.0. The first kappa shape index (κ1) is 9.97. The molecule has 2 rings (SSSR count). The summed E-state index contributed by atoms with van der Waals surface area (Å²) in [6.07, 6.45) is 0. The van der Waals surface area contributed by atoms with Crippen molar-refractivity contribution in [3.8, 4) is 0 Å². The van der Waals surface area contributed by atoms with Crippen LogP contribution in [0.15, 0.2) is 35.1 Å². The van der Waals surface area contributed by atoms with E-state index in [1.54, 1.807) is 6.07 Å². The third-order valence-electron chi connectivity index (χ3n) is 2.68. The minimum Gasteiger partial charge on any atom is -0.306 e. The molecule has 1 heterocycles. The molecule has 0 bridgehead atoms. The SMILES string of the molecule is Cc1cc(=O)n(C(C)C)c2ccccc12. The van der Waals surface area contributed by atoms with Crippen molar-refractivity contribution in [2.45, 2.75) is 26.8 Å². The number of benzene rings is 1. The second-order valence-corrected chi connectivity index (χ2v) is 4.15. The fourth-order valence-corrected chi connectivity index (χ4v) is 2.00. The molecule has 2 heteroatoms. The number of nitrogens with zero attached hydrogens (tertiary/aromatic N) is 1. The van der Waals surface area contributed by atoms with Gasteiger partial charge in [-0.1, -0.05) is 18.2 Å². The zero-order valence-corrected chi connectivity index (χ0v) is 9.32. The number of para-hydroxylation sites is 1. The largest absolute Gasteiger partial charge is 0.306 e. The minimum atomic E-state index is 0.0844. The van der Waals surface area contributed by atoms with Crippen LogP contribution in [-0.4, -0.2) is 4.57 Å². The Balaban J connectivity index is 2.96. The highest BCUT2D eigenvalue weighted by molar-refractivity contribution is 5.82. The van der Waals surface area contributed by atoms with E-state index in [0.29, 0.717) is 0 Å². The highest BCUT2D eigenvalue weighted by atomic mass is 16.1. The van der Waals surface area contributed by atoms with Gasteiger partial charge in [-0.2, -0.15) is 0 Å². The van der Waals surface area contributed by atoms with Crippen molar-refractivity contribution < 1.29 is 0 Å². The van der Waals surface area contributed by atoms with E-state index in [1.807, 2.05) is 43.5 Å². The van der Waals surface area contributed by atoms with Crippen molar-refractivity contribution in [1.82, 2.24) is 4.57 Å². The number of fused-ring (bicyclic) bond motifs is 1. The van der Waals surface area contributed by atoms with Gasteiger partial charge in [0, 0.05) is 17.5 Å². The fourth-order valence-electron chi connectivity index (χ4n) is 2.00. The molecule has 0 aliphatic carbocycles. The molecule has 0 spiro atoms. The normalized spacial score (nSPS) is 11.2. The van der Waals surface area contributed by atoms with Gasteiger partial charge in [0.1, 0.15) is 0 Å². The number of hydrogen-bond donors (Lipinski definition) is 0. The van der Waals surface area contributed by atoms with Gasteiger partial charge >= 0.3 is 0 Å². The van der Waals surface area contributed by atoms with E-state index in [-0.39, 0.29) is 11.6 Å². The Morgan fingerprint density at radius 2 is 1.87 bits per heavy atom. The molecule has 78 valence electrons. The summed E-state index contributed by atoms with van der Waals surface area (Å²) in [6, 6.07) is 9.95. The van der Waals surface area contributed by atoms with Crippen molar-refractivity contribution in [2.24, 2.45) is 0 Å². The molecule has 1 aromatic heterocycles. The Bertz CT molecular complexity index is 552. The van der Waals surface area contributed by atoms with E-state index >= 15 is 0 Å². The molecule has 15 heavy (non-hydrogen) atoms. The number of pyridine rings is 1. The highest BCUT2D eigenvalue weighted by Gasteiger charge is 2.07. The third kappa shape index (κ3) is 1.56. The average Bonchev–Trinajstić information content (AvgIpc) is 2.17. The summed E-state index contributed by atoms with van der Waals surface area (Å²) in [4.78, 5) is 11.9. The lowest BCUT2D eigenvalue weighted by Crippen LogP contribution is -2.21. The molecular weight excluding hydrogens is 186 g/mol. The molecule has 0 saturated heterocycles. The predicted molar refractivity (Wildman–Crippen MR) is 63.3 cm³/mol. The molecule has 0 atom stereocenters. The summed E-state index contributed by atoms with van der Waals surface area (Å²) in [5, 5.41) is 1.16. The van der Waals surface area contributed by atoms with Crippen LogP contribution in [-0.2, 0) is 0 Å². The summed E-state index contributed by atoms with van der Waals surface area (Å²) < 4.78 is 1.84. The van der Waals surface area contributed by atoms with Gasteiger partial charge in [0.15, 0.2) is 0 Å². The minimum absolute atomic E-state index is 0.0844. The zero-order valence-electron chi connectivity index (χ0n) is 9.32. The topological polar surface area (TPSA) is 22.0 Å². The summed E-state index contributed by atoms with van der Waals surface area (Å²) >= 11 is 0. The van der Waals surface area contributed by atoms with Crippen molar-refractivity contribution in [1.29, 1.82) is 0 Å². The first-order valence-corrected chi connectivity index (χ1v) is 5.22. The van der Waals surface area contributed by atoms with Crippen molar-refractivity contribution in [3.63, 3.8) is 0 Å². The number of aryl methyl sites for hydroxylation is 1. The van der Waals surface area contributed by atoms with Crippen LogP contribution in [0, 0.1) is 6.92 Å². The molecule has 0 N–H and O–H groups in total. The number of rotatable bonds is 1. The first-order valence-electron chi connectivity index (χ1n) is 5.22. The molecule has 0 amide bonds. The molecule has 0 fully saturated rings. The van der Waals surface area contributed by atoms with E-state index < -0.39 is 0 Å². The maximum atomic E-state index is 11.9. The van der Waals surface area contributed by atoms with Crippen LogP contribution in [0.3, 0.4) is 0 Å². The second kappa shape index (κ2) is 3.54. The third-order valence-corrected chi connectivity index (χ3v) is 2.68. The van der Waals surface area contributed by atoms with Crippen LogP contribution < -0.4 is 5.56 Å². The molecule has 2 aromatic rings. The van der Waals surface area contributed by atoms with Gasteiger partial charge in [-0.25, -0.2) is 0 Å². The van der Waals surface area contributed by atoms with Crippen molar-refractivity contribution >= 4 is 10.9 Å². The van der Waals surface area contributed by atoms with Crippen LogP contribution in [0.1, 0.15) is 25.5 Å². The van der Waals surface area contributed by atoms with Crippen molar-refractivity contribution in [2.75, 3.05) is 0 Å². The Hall–Kier alpha value is -1.57. The second-order valence-electron chi connectivity index (χ2n) is 4.15. The summed E-state index contributed by atoms with van der Waals surface area (Å²) in [5.41, 5.74) is 2.16. The smallest absolute Gasteiger partial charge is 0.251 e. The van der Waals surface area contributed by atoms with Crippen LogP contribution in [0.2, 0.25) is 0 Å². The highest BCUT2D eigenvalue weighted by Crippen LogP contribution is 2.18. The van der Waals surface area contributed by atoms with E-state index in [9.17, 15) is 4.79 Å². The van der Waals surface area contributed by atoms with Gasteiger partial charge in [-0.05, 0) is 32.4 Å². The molecule has 1 aromatic carbocycles. The van der Waals surface area contributed by atoms with Crippen molar-refractivity contribution in [3.05, 3.63) is 46.2 Å². The maximum Gasteiger partial charge on any atom is 0.251 e. The first-order chi connectivity index (χ1) is 7.11. The van der Waals surface area contributed by atoms with Gasteiger partial charge in [0.2, 0.25) is 0 Å². The lowest BCUT2D eigenvalue weighted by atomic mass is 10.1. The van der Waals surface area contributed by atoms with Gasteiger partial charge < -0.3 is 4.57 Å². The van der Waals surface area contributed by atoms with Crippen LogP contribution in [0.5, 0.6) is 0 Å². The Morgan fingerprint density at radius 3 is 2.53 bits per heavy atom. The number of aromatic nitrogens is 1. The molecule has 0 saturated carbocycles. The van der Waals surface area contributed by atoms with Gasteiger partial charge in [-0.3, -0.25) is 4.79 Å². The predicted octanol–water partition coefficient (Wildman–Crippen LogP) is 2.89. The lowest BCUT2D eigenvalue weighted by molar-refractivity contribution is 0.600.